The first kappa shape index (κ1) is 21.5. The van der Waals surface area contributed by atoms with Crippen LogP contribution in [0.15, 0.2) is 49.6 Å². The quantitative estimate of drug-likeness (QED) is 0.437. The van der Waals surface area contributed by atoms with Crippen LogP contribution in [0.1, 0.15) is 24.8 Å². The largest absolute Gasteiger partial charge is 0.461 e. The Morgan fingerprint density at radius 2 is 1.71 bits per heavy atom. The predicted octanol–water partition coefficient (Wildman–Crippen LogP) is 2.32. The SMILES string of the molecule is C=CCOC(=O)[C@@H]1C(=O)C[C@](C)(O)[C@@H](C(=O)OCC=C)[C@H]1c1ccc(F)cc1. The third kappa shape index (κ3) is 4.54. The lowest BCUT2D eigenvalue weighted by atomic mass is 9.62. The molecule has 0 spiro atoms. The maximum absolute atomic E-state index is 13.4. The summed E-state index contributed by atoms with van der Waals surface area (Å²) in [5.74, 6) is -6.37. The Balaban J connectivity index is 2.56. The van der Waals surface area contributed by atoms with Crippen molar-refractivity contribution in [1.29, 1.82) is 0 Å². The van der Waals surface area contributed by atoms with Gasteiger partial charge in [0.25, 0.3) is 0 Å². The fraction of sp³-hybridized carbons (Fsp3) is 0.381. The van der Waals surface area contributed by atoms with Gasteiger partial charge in [-0.05, 0) is 24.6 Å². The number of Topliss-reactive ketones (excluding diaryl/α,β-unsaturated/α-hetero) is 1. The Labute approximate surface area is 162 Å². The van der Waals surface area contributed by atoms with Crippen molar-refractivity contribution in [1.82, 2.24) is 0 Å². The maximum Gasteiger partial charge on any atom is 0.317 e. The van der Waals surface area contributed by atoms with Gasteiger partial charge in [0.15, 0.2) is 5.78 Å². The Morgan fingerprint density at radius 1 is 1.18 bits per heavy atom. The first-order valence-electron chi connectivity index (χ1n) is 8.78. The van der Waals surface area contributed by atoms with E-state index in [1.54, 1.807) is 0 Å². The fourth-order valence-corrected chi connectivity index (χ4v) is 3.56. The predicted molar refractivity (Wildman–Crippen MR) is 98.7 cm³/mol. The van der Waals surface area contributed by atoms with Gasteiger partial charge in [0, 0.05) is 12.3 Å². The zero-order valence-corrected chi connectivity index (χ0v) is 15.6. The van der Waals surface area contributed by atoms with Crippen LogP contribution in [0.4, 0.5) is 4.39 Å². The molecule has 0 aliphatic heterocycles. The van der Waals surface area contributed by atoms with Gasteiger partial charge in [-0.3, -0.25) is 14.4 Å². The second kappa shape index (κ2) is 8.93. The molecule has 1 N–H and O–H groups in total. The van der Waals surface area contributed by atoms with Crippen molar-refractivity contribution >= 4 is 17.7 Å². The van der Waals surface area contributed by atoms with Crippen LogP contribution >= 0.6 is 0 Å². The fourth-order valence-electron chi connectivity index (χ4n) is 3.56. The molecule has 28 heavy (non-hydrogen) atoms. The number of benzene rings is 1. The first-order chi connectivity index (χ1) is 13.2. The zero-order chi connectivity index (χ0) is 20.9. The molecule has 0 amide bonds. The summed E-state index contributed by atoms with van der Waals surface area (Å²) in [6.07, 6.45) is 2.29. The second-order valence-corrected chi connectivity index (χ2v) is 6.87. The van der Waals surface area contributed by atoms with E-state index in [4.69, 9.17) is 9.47 Å². The molecule has 0 bridgehead atoms. The molecule has 0 saturated heterocycles. The van der Waals surface area contributed by atoms with Crippen molar-refractivity contribution in [2.24, 2.45) is 11.8 Å². The summed E-state index contributed by atoms with van der Waals surface area (Å²) in [6, 6.07) is 5.05. The number of carbonyl (C=O) groups is 3. The second-order valence-electron chi connectivity index (χ2n) is 6.87. The van der Waals surface area contributed by atoms with Crippen molar-refractivity contribution in [3.63, 3.8) is 0 Å². The lowest BCUT2D eigenvalue weighted by Crippen LogP contribution is -2.55. The summed E-state index contributed by atoms with van der Waals surface area (Å²) >= 11 is 0. The van der Waals surface area contributed by atoms with Gasteiger partial charge in [-0.1, -0.05) is 37.4 Å². The Morgan fingerprint density at radius 3 is 2.25 bits per heavy atom. The number of esters is 2. The minimum Gasteiger partial charge on any atom is -0.461 e. The summed E-state index contributed by atoms with van der Waals surface area (Å²) in [7, 11) is 0. The molecule has 1 aliphatic rings. The molecule has 6 nitrogen and oxygen atoms in total. The normalized spacial score (nSPS) is 27.0. The van der Waals surface area contributed by atoms with Crippen molar-refractivity contribution in [2.45, 2.75) is 24.9 Å². The number of hydrogen-bond acceptors (Lipinski definition) is 6. The van der Waals surface area contributed by atoms with Gasteiger partial charge < -0.3 is 14.6 Å². The molecule has 0 aromatic heterocycles. The van der Waals surface area contributed by atoms with Crippen LogP contribution in [0.2, 0.25) is 0 Å². The number of carbonyl (C=O) groups excluding carboxylic acids is 3. The summed E-state index contributed by atoms with van der Waals surface area (Å²) in [5, 5.41) is 10.8. The molecule has 1 saturated carbocycles. The molecule has 4 atom stereocenters. The molecule has 1 fully saturated rings. The summed E-state index contributed by atoms with van der Waals surface area (Å²) in [6.45, 7) is 8.06. The summed E-state index contributed by atoms with van der Waals surface area (Å²) in [4.78, 5) is 38.0. The Kier molecular flexibility index (Phi) is 6.85. The molecule has 1 aliphatic carbocycles. The van der Waals surface area contributed by atoms with Gasteiger partial charge in [0.1, 0.15) is 24.9 Å². The molecule has 1 aromatic carbocycles. The molecule has 1 aromatic rings. The van der Waals surface area contributed by atoms with Crippen molar-refractivity contribution in [3.05, 3.63) is 61.0 Å². The van der Waals surface area contributed by atoms with E-state index in [9.17, 15) is 23.9 Å². The number of rotatable bonds is 7. The number of ether oxygens (including phenoxy) is 2. The van der Waals surface area contributed by atoms with E-state index in [0.29, 0.717) is 5.56 Å². The lowest BCUT2D eigenvalue weighted by molar-refractivity contribution is -0.171. The average Bonchev–Trinajstić information content (AvgIpc) is 2.63. The van der Waals surface area contributed by atoms with E-state index >= 15 is 0 Å². The summed E-state index contributed by atoms with van der Waals surface area (Å²) in [5.41, 5.74) is -1.42. The van der Waals surface area contributed by atoms with Gasteiger partial charge in [0.05, 0.1) is 11.5 Å². The minimum absolute atomic E-state index is 0.0962. The Hall–Kier alpha value is -2.80. The highest BCUT2D eigenvalue weighted by atomic mass is 19.1. The molecule has 7 heteroatoms. The molecule has 150 valence electrons. The van der Waals surface area contributed by atoms with Gasteiger partial charge in [0.2, 0.25) is 0 Å². The summed E-state index contributed by atoms with van der Waals surface area (Å²) < 4.78 is 23.6. The number of halogens is 1. The van der Waals surface area contributed by atoms with E-state index < -0.39 is 53.3 Å². The van der Waals surface area contributed by atoms with Crippen molar-refractivity contribution in [2.75, 3.05) is 13.2 Å². The van der Waals surface area contributed by atoms with Crippen LogP contribution in [0.3, 0.4) is 0 Å². The highest BCUT2D eigenvalue weighted by Gasteiger charge is 2.57. The molecule has 0 radical (unpaired) electrons. The molecular weight excluding hydrogens is 367 g/mol. The number of aliphatic hydroxyl groups is 1. The molecule has 2 rings (SSSR count). The monoisotopic (exact) mass is 390 g/mol. The molecule has 0 heterocycles. The smallest absolute Gasteiger partial charge is 0.317 e. The third-order valence-corrected chi connectivity index (χ3v) is 4.72. The number of hydrogen-bond donors (Lipinski definition) is 1. The van der Waals surface area contributed by atoms with Crippen LogP contribution in [-0.2, 0) is 23.9 Å². The van der Waals surface area contributed by atoms with Crippen LogP contribution in [0, 0.1) is 17.7 Å². The highest BCUT2D eigenvalue weighted by Crippen LogP contribution is 2.46. The maximum atomic E-state index is 13.4. The van der Waals surface area contributed by atoms with Crippen LogP contribution < -0.4 is 0 Å². The standard InChI is InChI=1S/C21H23FO6/c1-4-10-27-19(24)17-15(23)12-21(3,26)18(20(25)28-11-5-2)16(17)13-6-8-14(22)9-7-13/h4-9,16-18,26H,1-2,10-12H2,3H3/t16-,17+,18+,21-/m0/s1. The van der Waals surface area contributed by atoms with Crippen LogP contribution in [-0.4, -0.2) is 41.6 Å². The van der Waals surface area contributed by atoms with Gasteiger partial charge in [-0.2, -0.15) is 0 Å². The van der Waals surface area contributed by atoms with Gasteiger partial charge >= 0.3 is 11.9 Å². The van der Waals surface area contributed by atoms with E-state index in [1.165, 1.54) is 31.2 Å². The van der Waals surface area contributed by atoms with Crippen LogP contribution in [0.25, 0.3) is 0 Å². The third-order valence-electron chi connectivity index (χ3n) is 4.72. The van der Waals surface area contributed by atoms with E-state index in [-0.39, 0.29) is 13.2 Å². The van der Waals surface area contributed by atoms with Crippen molar-refractivity contribution < 1.29 is 33.4 Å². The van der Waals surface area contributed by atoms with Gasteiger partial charge in [-0.15, -0.1) is 0 Å². The van der Waals surface area contributed by atoms with E-state index in [0.717, 1.165) is 12.1 Å². The van der Waals surface area contributed by atoms with E-state index in [1.807, 2.05) is 0 Å². The lowest BCUT2D eigenvalue weighted by Gasteiger charge is -2.43. The number of ketones is 1. The first-order valence-corrected chi connectivity index (χ1v) is 8.78. The average molecular weight is 390 g/mol. The zero-order valence-electron chi connectivity index (χ0n) is 15.6. The van der Waals surface area contributed by atoms with E-state index in [2.05, 4.69) is 13.2 Å². The Bertz CT molecular complexity index is 768. The van der Waals surface area contributed by atoms with Gasteiger partial charge in [-0.25, -0.2) is 4.39 Å². The molecular formula is C21H23FO6. The molecule has 0 unspecified atom stereocenters. The minimum atomic E-state index is -1.76. The topological polar surface area (TPSA) is 89.9 Å². The van der Waals surface area contributed by atoms with Crippen molar-refractivity contribution in [3.8, 4) is 0 Å². The van der Waals surface area contributed by atoms with Crippen LogP contribution in [0.5, 0.6) is 0 Å². The highest BCUT2D eigenvalue weighted by molar-refractivity contribution is 6.02.